The minimum atomic E-state index is 0.155. The summed E-state index contributed by atoms with van der Waals surface area (Å²) < 4.78 is 0. The van der Waals surface area contributed by atoms with Gasteiger partial charge in [0.2, 0.25) is 0 Å². The van der Waals surface area contributed by atoms with Gasteiger partial charge < -0.3 is 16.0 Å². The molecule has 3 N–H and O–H groups in total. The molecule has 5 nitrogen and oxygen atoms in total. The van der Waals surface area contributed by atoms with E-state index in [1.807, 2.05) is 25.4 Å². The maximum absolute atomic E-state index is 5.80. The summed E-state index contributed by atoms with van der Waals surface area (Å²) in [5.41, 5.74) is 5.22. The van der Waals surface area contributed by atoms with Gasteiger partial charge in [-0.2, -0.15) is 0 Å². The molecule has 0 spiro atoms. The molecule has 3 rings (SSSR count). The van der Waals surface area contributed by atoms with E-state index >= 15 is 0 Å². The van der Waals surface area contributed by atoms with Gasteiger partial charge in [-0.05, 0) is 74.1 Å². The topological polar surface area (TPSA) is 61.9 Å². The van der Waals surface area contributed by atoms with Crippen molar-refractivity contribution < 1.29 is 0 Å². The normalized spacial score (nSPS) is 15.3. The number of terminal acetylenes is 1. The Morgan fingerprint density at radius 2 is 1.97 bits per heavy atom. The third-order valence-corrected chi connectivity index (χ3v) is 5.98. The zero-order valence-corrected chi connectivity index (χ0v) is 21.0. The van der Waals surface area contributed by atoms with Crippen molar-refractivity contribution in [3.8, 4) is 12.3 Å². The van der Waals surface area contributed by atoms with Crippen molar-refractivity contribution in [2.24, 2.45) is 5.41 Å². The minimum Gasteiger partial charge on any atom is -0.384 e. The Bertz CT molecular complexity index is 1020. The summed E-state index contributed by atoms with van der Waals surface area (Å²) >= 11 is 0. The summed E-state index contributed by atoms with van der Waals surface area (Å²) in [5.74, 6) is 4.91. The van der Waals surface area contributed by atoms with Crippen molar-refractivity contribution in [1.82, 2.24) is 15.3 Å². The average Bonchev–Trinajstić information content (AvgIpc) is 3.58. The molecule has 2 aromatic rings. The number of aromatic nitrogens is 2. The molecule has 5 heteroatoms. The molecule has 33 heavy (non-hydrogen) atoms. The Kier molecular flexibility index (Phi) is 7.68. The highest BCUT2D eigenvalue weighted by Crippen LogP contribution is 2.40. The number of anilines is 3. The molecular formula is C28H39N5. The van der Waals surface area contributed by atoms with Crippen LogP contribution >= 0.6 is 0 Å². The fourth-order valence-electron chi connectivity index (χ4n) is 4.12. The molecule has 0 saturated heterocycles. The number of nitrogens with zero attached hydrogens (tertiary/aromatic N) is 2. The molecule has 176 valence electrons. The second kappa shape index (κ2) is 10.3. The highest BCUT2D eigenvalue weighted by molar-refractivity contribution is 5.67. The largest absolute Gasteiger partial charge is 0.384 e. The Hall–Kier alpha value is -3.00. The van der Waals surface area contributed by atoms with Gasteiger partial charge in [0.05, 0.1) is 17.4 Å². The summed E-state index contributed by atoms with van der Waals surface area (Å²) in [5, 5.41) is 10.6. The standard InChI is InChI=1S/C28H39N5/c1-9-21-13-18(3)26(31-20(5)25(10-2)30-19(4)15-28(6,7)8)33-27(21)32-24-14-23(16-29-17-24)22-11-12-22/h1,13-14,16-17,20,22,25,30H,4,10-12,15H2,2-3,5-8H3,(H2,31,32,33)/t20?,25-/m0/s1. The van der Waals surface area contributed by atoms with E-state index in [4.69, 9.17) is 11.4 Å². The van der Waals surface area contributed by atoms with Crippen LogP contribution in [-0.4, -0.2) is 22.1 Å². The number of aryl methyl sites for hydroxylation is 1. The van der Waals surface area contributed by atoms with Gasteiger partial charge in [-0.15, -0.1) is 6.42 Å². The first-order chi connectivity index (χ1) is 15.6. The highest BCUT2D eigenvalue weighted by Gasteiger charge is 2.24. The predicted molar refractivity (Wildman–Crippen MR) is 140 cm³/mol. The van der Waals surface area contributed by atoms with Gasteiger partial charge in [-0.3, -0.25) is 4.98 Å². The Morgan fingerprint density at radius 3 is 2.58 bits per heavy atom. The van der Waals surface area contributed by atoms with Gasteiger partial charge in [0.25, 0.3) is 0 Å². The minimum absolute atomic E-state index is 0.155. The van der Waals surface area contributed by atoms with Crippen molar-refractivity contribution >= 4 is 17.3 Å². The average molecular weight is 446 g/mol. The van der Waals surface area contributed by atoms with E-state index in [1.54, 1.807) is 0 Å². The van der Waals surface area contributed by atoms with Crippen LogP contribution in [0.2, 0.25) is 0 Å². The van der Waals surface area contributed by atoms with Gasteiger partial charge >= 0.3 is 0 Å². The molecular weight excluding hydrogens is 406 g/mol. The maximum atomic E-state index is 5.80. The molecule has 0 amide bonds. The van der Waals surface area contributed by atoms with Crippen LogP contribution in [0, 0.1) is 24.7 Å². The zero-order chi connectivity index (χ0) is 24.2. The predicted octanol–water partition coefficient (Wildman–Crippen LogP) is 6.51. The van der Waals surface area contributed by atoms with Crippen molar-refractivity contribution in [3.05, 3.63) is 53.5 Å². The number of hydrogen-bond donors (Lipinski definition) is 3. The molecule has 0 aliphatic heterocycles. The van der Waals surface area contributed by atoms with Gasteiger partial charge in [0, 0.05) is 24.0 Å². The van der Waals surface area contributed by atoms with Crippen LogP contribution in [0.25, 0.3) is 0 Å². The molecule has 2 heterocycles. The van der Waals surface area contributed by atoms with Crippen LogP contribution in [0.5, 0.6) is 0 Å². The van der Waals surface area contributed by atoms with E-state index < -0.39 is 0 Å². The number of hydrogen-bond acceptors (Lipinski definition) is 5. The summed E-state index contributed by atoms with van der Waals surface area (Å²) in [6.07, 6.45) is 14.0. The van der Waals surface area contributed by atoms with Crippen molar-refractivity contribution in [2.75, 3.05) is 10.6 Å². The van der Waals surface area contributed by atoms with E-state index in [9.17, 15) is 0 Å². The quantitative estimate of drug-likeness (QED) is 0.364. The van der Waals surface area contributed by atoms with Crippen LogP contribution in [0.3, 0.4) is 0 Å². The van der Waals surface area contributed by atoms with E-state index in [2.05, 4.69) is 74.1 Å². The number of rotatable bonds is 10. The summed E-state index contributed by atoms with van der Waals surface area (Å²) in [7, 11) is 0. The fourth-order valence-corrected chi connectivity index (χ4v) is 4.12. The Morgan fingerprint density at radius 1 is 1.24 bits per heavy atom. The molecule has 1 saturated carbocycles. The lowest BCUT2D eigenvalue weighted by atomic mass is 9.90. The molecule has 0 aromatic carbocycles. The smallest absolute Gasteiger partial charge is 0.148 e. The molecule has 1 aliphatic carbocycles. The molecule has 0 bridgehead atoms. The lowest BCUT2D eigenvalue weighted by Crippen LogP contribution is -2.42. The van der Waals surface area contributed by atoms with Crippen molar-refractivity contribution in [1.29, 1.82) is 0 Å². The van der Waals surface area contributed by atoms with Gasteiger partial charge in [-0.1, -0.05) is 40.2 Å². The monoisotopic (exact) mass is 445 g/mol. The Labute approximate surface area is 199 Å². The molecule has 2 atom stereocenters. The van der Waals surface area contributed by atoms with Crippen LogP contribution in [-0.2, 0) is 0 Å². The third kappa shape index (κ3) is 6.99. The van der Waals surface area contributed by atoms with Crippen LogP contribution < -0.4 is 16.0 Å². The van der Waals surface area contributed by atoms with E-state index in [-0.39, 0.29) is 17.5 Å². The van der Waals surface area contributed by atoms with Gasteiger partial charge in [0.15, 0.2) is 0 Å². The second-order valence-corrected chi connectivity index (χ2v) is 10.5. The van der Waals surface area contributed by atoms with Crippen molar-refractivity contribution in [3.63, 3.8) is 0 Å². The number of pyridine rings is 2. The number of allylic oxidation sites excluding steroid dienone is 1. The summed E-state index contributed by atoms with van der Waals surface area (Å²) in [6, 6.07) is 4.56. The maximum Gasteiger partial charge on any atom is 0.148 e. The molecule has 2 aromatic heterocycles. The first-order valence-corrected chi connectivity index (χ1v) is 12.0. The first kappa shape index (κ1) is 24.6. The summed E-state index contributed by atoms with van der Waals surface area (Å²) in [6.45, 7) is 17.3. The van der Waals surface area contributed by atoms with Crippen molar-refractivity contribution in [2.45, 2.75) is 85.2 Å². The molecule has 1 aliphatic rings. The lowest BCUT2D eigenvalue weighted by Gasteiger charge is -2.30. The molecule has 0 radical (unpaired) electrons. The Balaban J connectivity index is 1.76. The second-order valence-electron chi connectivity index (χ2n) is 10.5. The third-order valence-electron chi connectivity index (χ3n) is 5.98. The van der Waals surface area contributed by atoms with Crippen LogP contribution in [0.1, 0.15) is 82.9 Å². The van der Waals surface area contributed by atoms with E-state index in [0.717, 1.165) is 41.2 Å². The van der Waals surface area contributed by atoms with Crippen LogP contribution in [0.15, 0.2) is 36.8 Å². The van der Waals surface area contributed by atoms with Crippen LogP contribution in [0.4, 0.5) is 17.3 Å². The molecule has 1 unspecified atom stereocenters. The molecule has 1 fully saturated rings. The highest BCUT2D eigenvalue weighted by atomic mass is 15.1. The lowest BCUT2D eigenvalue weighted by molar-refractivity contribution is 0.382. The van der Waals surface area contributed by atoms with E-state index in [0.29, 0.717) is 11.7 Å². The SMILES string of the molecule is C#Cc1cc(C)c(NC(C)[C@H](CC)NC(=C)CC(C)(C)C)nc1Nc1cncc(C2CC2)c1. The van der Waals surface area contributed by atoms with Gasteiger partial charge in [-0.25, -0.2) is 4.98 Å². The van der Waals surface area contributed by atoms with E-state index in [1.165, 1.54) is 18.4 Å². The van der Waals surface area contributed by atoms with Gasteiger partial charge in [0.1, 0.15) is 11.6 Å². The fraction of sp³-hybridized carbons (Fsp3) is 0.500. The number of nitrogens with one attached hydrogen (secondary N) is 3. The zero-order valence-electron chi connectivity index (χ0n) is 21.0. The summed E-state index contributed by atoms with van der Waals surface area (Å²) in [4.78, 5) is 9.28. The first-order valence-electron chi connectivity index (χ1n) is 12.0.